The highest BCUT2D eigenvalue weighted by atomic mass is 16.4. The lowest BCUT2D eigenvalue weighted by Crippen LogP contribution is -2.12. The standard InChI is InChI=1S/C9H16O3/c1-4-5-8(10)6(2)7(3)9(11)12/h8,10H,4-5H2,1-3H3,(H,11,12). The lowest BCUT2D eigenvalue weighted by molar-refractivity contribution is -0.132. The van der Waals surface area contributed by atoms with Crippen molar-refractivity contribution >= 4 is 5.97 Å². The first-order valence-corrected chi connectivity index (χ1v) is 4.09. The highest BCUT2D eigenvalue weighted by molar-refractivity contribution is 5.86. The maximum atomic E-state index is 10.5. The summed E-state index contributed by atoms with van der Waals surface area (Å²) in [7, 11) is 0. The number of aliphatic carboxylic acids is 1. The number of rotatable bonds is 4. The molecule has 12 heavy (non-hydrogen) atoms. The number of carboxylic acid groups (broad SMARTS) is 1. The SMILES string of the molecule is CCCC(O)C(C)=C(C)C(=O)O. The van der Waals surface area contributed by atoms with Gasteiger partial charge >= 0.3 is 5.97 Å². The van der Waals surface area contributed by atoms with E-state index in [4.69, 9.17) is 5.11 Å². The summed E-state index contributed by atoms with van der Waals surface area (Å²) < 4.78 is 0. The van der Waals surface area contributed by atoms with Gasteiger partial charge in [0.25, 0.3) is 0 Å². The van der Waals surface area contributed by atoms with E-state index in [0.717, 1.165) is 6.42 Å². The minimum atomic E-state index is -0.956. The average Bonchev–Trinajstić information content (AvgIpc) is 2.02. The Kier molecular flexibility index (Phi) is 4.59. The molecule has 0 aliphatic heterocycles. The molecule has 1 atom stereocenters. The number of aliphatic hydroxyl groups excluding tert-OH is 1. The van der Waals surface area contributed by atoms with Gasteiger partial charge in [-0.25, -0.2) is 4.79 Å². The van der Waals surface area contributed by atoms with Gasteiger partial charge in [-0.15, -0.1) is 0 Å². The molecule has 2 N–H and O–H groups in total. The average molecular weight is 172 g/mol. The van der Waals surface area contributed by atoms with Gasteiger partial charge in [-0.05, 0) is 25.8 Å². The highest BCUT2D eigenvalue weighted by Crippen LogP contribution is 2.12. The monoisotopic (exact) mass is 172 g/mol. The molecule has 0 aromatic carbocycles. The Balaban J connectivity index is 4.43. The zero-order valence-electron chi connectivity index (χ0n) is 7.79. The van der Waals surface area contributed by atoms with Gasteiger partial charge in [0.1, 0.15) is 0 Å². The topological polar surface area (TPSA) is 57.5 Å². The van der Waals surface area contributed by atoms with Crippen molar-refractivity contribution in [1.29, 1.82) is 0 Å². The van der Waals surface area contributed by atoms with Crippen molar-refractivity contribution in [3.63, 3.8) is 0 Å². The maximum absolute atomic E-state index is 10.5. The summed E-state index contributed by atoms with van der Waals surface area (Å²) in [5, 5.41) is 18.0. The Morgan fingerprint density at radius 1 is 1.42 bits per heavy atom. The van der Waals surface area contributed by atoms with Gasteiger partial charge in [0.2, 0.25) is 0 Å². The molecule has 0 radical (unpaired) electrons. The largest absolute Gasteiger partial charge is 0.478 e. The van der Waals surface area contributed by atoms with Crippen molar-refractivity contribution in [2.45, 2.75) is 39.7 Å². The van der Waals surface area contributed by atoms with Crippen molar-refractivity contribution in [1.82, 2.24) is 0 Å². The molecule has 0 rings (SSSR count). The number of aliphatic hydroxyl groups is 1. The summed E-state index contributed by atoms with van der Waals surface area (Å²) in [6.07, 6.45) is 0.869. The molecule has 0 aromatic heterocycles. The van der Waals surface area contributed by atoms with Crippen LogP contribution in [0.3, 0.4) is 0 Å². The van der Waals surface area contributed by atoms with Gasteiger partial charge in [-0.1, -0.05) is 13.3 Å². The first-order chi connectivity index (χ1) is 5.50. The second-order valence-electron chi connectivity index (χ2n) is 2.92. The first kappa shape index (κ1) is 11.2. The lowest BCUT2D eigenvalue weighted by atomic mass is 10.0. The van der Waals surface area contributed by atoms with Gasteiger partial charge < -0.3 is 10.2 Å². The molecule has 0 heterocycles. The molecule has 0 spiro atoms. The van der Waals surface area contributed by atoms with Crippen LogP contribution < -0.4 is 0 Å². The van der Waals surface area contributed by atoms with Crippen LogP contribution in [0.2, 0.25) is 0 Å². The van der Waals surface area contributed by atoms with Gasteiger partial charge in [-0.3, -0.25) is 0 Å². The molecule has 0 saturated heterocycles. The summed E-state index contributed by atoms with van der Waals surface area (Å²) in [4.78, 5) is 10.5. The second-order valence-corrected chi connectivity index (χ2v) is 2.92. The Bertz CT molecular complexity index is 194. The molecule has 0 aromatic rings. The van der Waals surface area contributed by atoms with Crippen LogP contribution >= 0.6 is 0 Å². The molecule has 0 amide bonds. The van der Waals surface area contributed by atoms with Crippen molar-refractivity contribution in [2.75, 3.05) is 0 Å². The van der Waals surface area contributed by atoms with Gasteiger partial charge in [0, 0.05) is 5.57 Å². The molecule has 0 aliphatic carbocycles. The van der Waals surface area contributed by atoms with Crippen molar-refractivity contribution in [2.24, 2.45) is 0 Å². The molecule has 0 saturated carbocycles. The Morgan fingerprint density at radius 2 is 1.92 bits per heavy atom. The van der Waals surface area contributed by atoms with E-state index in [1.807, 2.05) is 6.92 Å². The minimum Gasteiger partial charge on any atom is -0.478 e. The number of hydrogen-bond acceptors (Lipinski definition) is 2. The zero-order chi connectivity index (χ0) is 9.72. The molecular weight excluding hydrogens is 156 g/mol. The van der Waals surface area contributed by atoms with E-state index in [1.54, 1.807) is 6.92 Å². The van der Waals surface area contributed by atoms with Crippen LogP contribution in [0.4, 0.5) is 0 Å². The predicted molar refractivity (Wildman–Crippen MR) is 46.9 cm³/mol. The smallest absolute Gasteiger partial charge is 0.331 e. The molecule has 3 nitrogen and oxygen atoms in total. The summed E-state index contributed by atoms with van der Waals surface area (Å²) in [5.41, 5.74) is 0.806. The lowest BCUT2D eigenvalue weighted by Gasteiger charge is -2.11. The fourth-order valence-electron chi connectivity index (χ4n) is 0.909. The summed E-state index contributed by atoms with van der Waals surface area (Å²) in [5.74, 6) is -0.956. The van der Waals surface area contributed by atoms with E-state index in [9.17, 15) is 9.90 Å². The zero-order valence-corrected chi connectivity index (χ0v) is 7.79. The number of hydrogen-bond donors (Lipinski definition) is 2. The van der Waals surface area contributed by atoms with Crippen molar-refractivity contribution < 1.29 is 15.0 Å². The van der Waals surface area contributed by atoms with Crippen LogP contribution in [0.1, 0.15) is 33.6 Å². The number of carbonyl (C=O) groups is 1. The van der Waals surface area contributed by atoms with Crippen LogP contribution in [0.5, 0.6) is 0 Å². The summed E-state index contributed by atoms with van der Waals surface area (Å²) in [6.45, 7) is 5.12. The van der Waals surface area contributed by atoms with Crippen LogP contribution in [0.15, 0.2) is 11.1 Å². The van der Waals surface area contributed by atoms with Crippen LogP contribution in [-0.2, 0) is 4.79 Å². The molecule has 1 unspecified atom stereocenters. The Hall–Kier alpha value is -0.830. The van der Waals surface area contributed by atoms with Crippen LogP contribution in [0, 0.1) is 0 Å². The van der Waals surface area contributed by atoms with Gasteiger partial charge in [0.15, 0.2) is 0 Å². The van der Waals surface area contributed by atoms with Crippen molar-refractivity contribution in [3.8, 4) is 0 Å². The van der Waals surface area contributed by atoms with E-state index in [-0.39, 0.29) is 5.57 Å². The first-order valence-electron chi connectivity index (χ1n) is 4.09. The third kappa shape index (κ3) is 3.05. The maximum Gasteiger partial charge on any atom is 0.331 e. The molecule has 0 aliphatic rings. The third-order valence-corrected chi connectivity index (χ3v) is 1.97. The number of carboxylic acids is 1. The summed E-state index contributed by atoms with van der Waals surface area (Å²) in [6, 6.07) is 0. The molecule has 3 heteroatoms. The van der Waals surface area contributed by atoms with Crippen molar-refractivity contribution in [3.05, 3.63) is 11.1 Å². The van der Waals surface area contributed by atoms with E-state index < -0.39 is 12.1 Å². The highest BCUT2D eigenvalue weighted by Gasteiger charge is 2.11. The van der Waals surface area contributed by atoms with E-state index >= 15 is 0 Å². The fraction of sp³-hybridized carbons (Fsp3) is 0.667. The molecule has 0 bridgehead atoms. The second kappa shape index (κ2) is 4.93. The quantitative estimate of drug-likeness (QED) is 0.633. The van der Waals surface area contributed by atoms with Crippen LogP contribution in [0.25, 0.3) is 0 Å². The van der Waals surface area contributed by atoms with E-state index in [0.29, 0.717) is 12.0 Å². The molecular formula is C9H16O3. The third-order valence-electron chi connectivity index (χ3n) is 1.97. The predicted octanol–water partition coefficient (Wildman–Crippen LogP) is 1.57. The minimum absolute atomic E-state index is 0.246. The molecule has 70 valence electrons. The van der Waals surface area contributed by atoms with Crippen LogP contribution in [-0.4, -0.2) is 22.3 Å². The van der Waals surface area contributed by atoms with Gasteiger partial charge in [-0.2, -0.15) is 0 Å². The van der Waals surface area contributed by atoms with E-state index in [2.05, 4.69) is 0 Å². The Labute approximate surface area is 72.7 Å². The van der Waals surface area contributed by atoms with E-state index in [1.165, 1.54) is 6.92 Å². The molecule has 0 fully saturated rings. The normalized spacial score (nSPS) is 15.3. The Morgan fingerprint density at radius 3 is 2.25 bits per heavy atom. The summed E-state index contributed by atoms with van der Waals surface area (Å²) >= 11 is 0. The van der Waals surface area contributed by atoms with Gasteiger partial charge in [0.05, 0.1) is 6.10 Å². The fourth-order valence-corrected chi connectivity index (χ4v) is 0.909.